The van der Waals surface area contributed by atoms with Crippen molar-refractivity contribution < 1.29 is 14.3 Å². The molecule has 2 heterocycles. The van der Waals surface area contributed by atoms with Crippen LogP contribution >= 0.6 is 11.3 Å². The Morgan fingerprint density at radius 1 is 1.31 bits per heavy atom. The van der Waals surface area contributed by atoms with Crippen molar-refractivity contribution in [1.29, 1.82) is 0 Å². The van der Waals surface area contributed by atoms with Crippen molar-refractivity contribution >= 4 is 22.9 Å². The molecule has 1 aromatic heterocycles. The second-order valence-electron chi connectivity index (χ2n) is 6.54. The largest absolute Gasteiger partial charge is 0.491 e. The number of thiazole rings is 1. The van der Waals surface area contributed by atoms with Gasteiger partial charge in [0.25, 0.3) is 0 Å². The van der Waals surface area contributed by atoms with Crippen molar-refractivity contribution in [2.45, 2.75) is 32.9 Å². The van der Waals surface area contributed by atoms with E-state index in [0.29, 0.717) is 0 Å². The van der Waals surface area contributed by atoms with Gasteiger partial charge in [0.05, 0.1) is 38.0 Å². The SMILES string of the molecule is CC(C)Oc1ccc(NC(=O)Cc2csc(CN3CCOCC3)n2)cc1. The number of hydrogen-bond acceptors (Lipinski definition) is 6. The number of carbonyl (C=O) groups excluding carboxylic acids is 1. The van der Waals surface area contributed by atoms with E-state index in [9.17, 15) is 4.79 Å². The van der Waals surface area contributed by atoms with Gasteiger partial charge in [-0.25, -0.2) is 4.98 Å². The van der Waals surface area contributed by atoms with Gasteiger partial charge in [0.15, 0.2) is 0 Å². The number of nitrogens with zero attached hydrogens (tertiary/aromatic N) is 2. The molecule has 0 aliphatic carbocycles. The van der Waals surface area contributed by atoms with Crippen LogP contribution in [-0.2, 0) is 22.5 Å². The van der Waals surface area contributed by atoms with Crippen molar-refractivity contribution in [2.24, 2.45) is 0 Å². The highest BCUT2D eigenvalue weighted by Crippen LogP contribution is 2.18. The molecule has 0 bridgehead atoms. The molecule has 0 saturated carbocycles. The van der Waals surface area contributed by atoms with Gasteiger partial charge < -0.3 is 14.8 Å². The Bertz CT molecular complexity index is 709. The zero-order chi connectivity index (χ0) is 18.4. The van der Waals surface area contributed by atoms with E-state index in [1.54, 1.807) is 11.3 Å². The first-order valence-electron chi connectivity index (χ1n) is 8.88. The number of ether oxygens (including phenoxy) is 2. The summed E-state index contributed by atoms with van der Waals surface area (Å²) in [5.41, 5.74) is 1.57. The van der Waals surface area contributed by atoms with Gasteiger partial charge in [-0.2, -0.15) is 0 Å². The minimum Gasteiger partial charge on any atom is -0.491 e. The summed E-state index contributed by atoms with van der Waals surface area (Å²) in [6.07, 6.45) is 0.413. The Hall–Kier alpha value is -1.96. The maximum atomic E-state index is 12.2. The predicted molar refractivity (Wildman–Crippen MR) is 103 cm³/mol. The molecule has 0 atom stereocenters. The fourth-order valence-corrected chi connectivity index (χ4v) is 3.55. The lowest BCUT2D eigenvalue weighted by molar-refractivity contribution is -0.115. The number of morpholine rings is 1. The molecule has 1 aliphatic heterocycles. The van der Waals surface area contributed by atoms with Gasteiger partial charge in [-0.3, -0.25) is 9.69 Å². The Labute approximate surface area is 158 Å². The standard InChI is InChI=1S/C19H25N3O3S/c1-14(2)25-17-5-3-15(4-6-17)20-18(23)11-16-13-26-19(21-16)12-22-7-9-24-10-8-22/h3-6,13-14H,7-12H2,1-2H3,(H,20,23). The van der Waals surface area contributed by atoms with Crippen molar-refractivity contribution in [3.05, 3.63) is 40.3 Å². The summed E-state index contributed by atoms with van der Waals surface area (Å²) >= 11 is 1.61. The number of aromatic nitrogens is 1. The summed E-state index contributed by atoms with van der Waals surface area (Å²) in [5, 5.41) is 5.92. The smallest absolute Gasteiger partial charge is 0.230 e. The van der Waals surface area contributed by atoms with Crippen LogP contribution < -0.4 is 10.1 Å². The zero-order valence-electron chi connectivity index (χ0n) is 15.2. The maximum absolute atomic E-state index is 12.2. The summed E-state index contributed by atoms with van der Waals surface area (Å²) in [7, 11) is 0. The van der Waals surface area contributed by atoms with Crippen LogP contribution in [0.2, 0.25) is 0 Å². The van der Waals surface area contributed by atoms with Crippen LogP contribution in [-0.4, -0.2) is 48.2 Å². The van der Waals surface area contributed by atoms with Crippen molar-refractivity contribution in [2.75, 3.05) is 31.6 Å². The molecule has 0 spiro atoms. The topological polar surface area (TPSA) is 63.7 Å². The summed E-state index contributed by atoms with van der Waals surface area (Å²) in [5.74, 6) is 0.732. The first-order chi connectivity index (χ1) is 12.6. The number of carbonyl (C=O) groups is 1. The predicted octanol–water partition coefficient (Wildman–Crippen LogP) is 2.94. The third-order valence-corrected chi connectivity index (χ3v) is 4.80. The van der Waals surface area contributed by atoms with E-state index < -0.39 is 0 Å². The van der Waals surface area contributed by atoms with Gasteiger partial charge in [-0.05, 0) is 38.1 Å². The fraction of sp³-hybridized carbons (Fsp3) is 0.474. The fourth-order valence-electron chi connectivity index (χ4n) is 2.71. The van der Waals surface area contributed by atoms with Crippen molar-refractivity contribution in [3.63, 3.8) is 0 Å². The molecule has 0 radical (unpaired) electrons. The number of benzene rings is 1. The van der Waals surface area contributed by atoms with E-state index in [4.69, 9.17) is 9.47 Å². The van der Waals surface area contributed by atoms with Gasteiger partial charge in [-0.1, -0.05) is 0 Å². The van der Waals surface area contributed by atoms with Gasteiger partial charge in [0.1, 0.15) is 10.8 Å². The number of rotatable bonds is 7. The van der Waals surface area contributed by atoms with E-state index in [0.717, 1.165) is 55.0 Å². The summed E-state index contributed by atoms with van der Waals surface area (Å²) < 4.78 is 11.0. The van der Waals surface area contributed by atoms with Crippen LogP contribution in [0, 0.1) is 0 Å². The van der Waals surface area contributed by atoms with Crippen LogP contribution in [0.3, 0.4) is 0 Å². The molecule has 1 aliphatic rings. The maximum Gasteiger partial charge on any atom is 0.230 e. The molecular formula is C19H25N3O3S. The first kappa shape index (κ1) is 18.8. The normalized spacial score (nSPS) is 15.2. The lowest BCUT2D eigenvalue weighted by Gasteiger charge is -2.25. The van der Waals surface area contributed by atoms with E-state index in [1.807, 2.05) is 43.5 Å². The lowest BCUT2D eigenvalue weighted by Crippen LogP contribution is -2.35. The van der Waals surface area contributed by atoms with Gasteiger partial charge in [-0.15, -0.1) is 11.3 Å². The number of hydrogen-bond donors (Lipinski definition) is 1. The number of nitrogens with one attached hydrogen (secondary N) is 1. The summed E-state index contributed by atoms with van der Waals surface area (Å²) in [6, 6.07) is 7.42. The molecule has 7 heteroatoms. The Morgan fingerprint density at radius 3 is 2.73 bits per heavy atom. The van der Waals surface area contributed by atoms with E-state index in [2.05, 4.69) is 15.2 Å². The monoisotopic (exact) mass is 375 g/mol. The highest BCUT2D eigenvalue weighted by molar-refractivity contribution is 7.09. The molecule has 2 aromatic rings. The Balaban J connectivity index is 1.48. The second-order valence-corrected chi connectivity index (χ2v) is 7.48. The molecule has 140 valence electrons. The first-order valence-corrected chi connectivity index (χ1v) is 9.76. The van der Waals surface area contributed by atoms with Crippen LogP contribution in [0.5, 0.6) is 5.75 Å². The highest BCUT2D eigenvalue weighted by atomic mass is 32.1. The molecule has 3 rings (SSSR count). The van der Waals surface area contributed by atoms with Gasteiger partial charge in [0.2, 0.25) is 5.91 Å². The van der Waals surface area contributed by atoms with Crippen LogP contribution in [0.4, 0.5) is 5.69 Å². The lowest BCUT2D eigenvalue weighted by atomic mass is 10.2. The van der Waals surface area contributed by atoms with Crippen molar-refractivity contribution in [3.8, 4) is 5.75 Å². The molecule has 1 fully saturated rings. The minimum absolute atomic E-state index is 0.0641. The number of anilines is 1. The Kier molecular flexibility index (Phi) is 6.60. The molecule has 1 aromatic carbocycles. The highest BCUT2D eigenvalue weighted by Gasteiger charge is 2.14. The van der Waals surface area contributed by atoms with Gasteiger partial charge in [0, 0.05) is 24.2 Å². The molecule has 6 nitrogen and oxygen atoms in total. The molecule has 1 saturated heterocycles. The average Bonchev–Trinajstić information content (AvgIpc) is 3.04. The quantitative estimate of drug-likeness (QED) is 0.806. The zero-order valence-corrected chi connectivity index (χ0v) is 16.1. The average molecular weight is 375 g/mol. The van der Waals surface area contributed by atoms with Crippen LogP contribution in [0.25, 0.3) is 0 Å². The van der Waals surface area contributed by atoms with Gasteiger partial charge >= 0.3 is 0 Å². The third kappa shape index (κ3) is 5.79. The third-order valence-electron chi connectivity index (χ3n) is 3.91. The van der Waals surface area contributed by atoms with Crippen molar-refractivity contribution in [1.82, 2.24) is 9.88 Å². The Morgan fingerprint density at radius 2 is 2.04 bits per heavy atom. The van der Waals surface area contributed by atoms with E-state index >= 15 is 0 Å². The summed E-state index contributed by atoms with van der Waals surface area (Å²) in [4.78, 5) is 19.2. The van der Waals surface area contributed by atoms with E-state index in [1.165, 1.54) is 0 Å². The molecule has 1 N–H and O–H groups in total. The molecule has 0 unspecified atom stereocenters. The molecule has 1 amide bonds. The minimum atomic E-state index is -0.0641. The second kappa shape index (κ2) is 9.12. The van der Waals surface area contributed by atoms with Crippen LogP contribution in [0.15, 0.2) is 29.6 Å². The summed E-state index contributed by atoms with van der Waals surface area (Å²) in [6.45, 7) is 8.22. The molecular weight excluding hydrogens is 350 g/mol. The molecule has 26 heavy (non-hydrogen) atoms. The van der Waals surface area contributed by atoms with Crippen LogP contribution in [0.1, 0.15) is 24.5 Å². The van der Waals surface area contributed by atoms with E-state index in [-0.39, 0.29) is 18.4 Å². The number of amides is 1.